The number of pyridine rings is 1. The quantitative estimate of drug-likeness (QED) is 0.254. The number of ether oxygens (including phenoxy) is 3. The van der Waals surface area contributed by atoms with Gasteiger partial charge in [0.15, 0.2) is 17.2 Å². The number of furan rings is 1. The fourth-order valence-corrected chi connectivity index (χ4v) is 6.77. The molecule has 5 aromatic rings. The van der Waals surface area contributed by atoms with Crippen molar-refractivity contribution in [3.8, 4) is 17.7 Å². The number of halogens is 2. The molecule has 3 saturated heterocycles. The second kappa shape index (κ2) is 12.5. The van der Waals surface area contributed by atoms with Gasteiger partial charge in [0.25, 0.3) is 12.3 Å². The van der Waals surface area contributed by atoms with Crippen LogP contribution >= 0.6 is 0 Å². The van der Waals surface area contributed by atoms with Crippen molar-refractivity contribution in [2.75, 3.05) is 42.7 Å². The topological polar surface area (TPSA) is 149 Å². The molecule has 0 amide bonds. The van der Waals surface area contributed by atoms with E-state index in [-0.39, 0.29) is 41.8 Å². The molecule has 4 aromatic heterocycles. The third kappa shape index (κ3) is 5.50. The molecular formula is C35H31F2N7O6. The lowest BCUT2D eigenvalue weighted by atomic mass is 9.90. The summed E-state index contributed by atoms with van der Waals surface area (Å²) in [7, 11) is 0. The van der Waals surface area contributed by atoms with E-state index in [1.165, 1.54) is 4.90 Å². The molecule has 15 heteroatoms. The summed E-state index contributed by atoms with van der Waals surface area (Å²) in [6, 6.07) is 11.1. The third-order valence-electron chi connectivity index (χ3n) is 9.54. The van der Waals surface area contributed by atoms with Crippen LogP contribution in [0.1, 0.15) is 42.5 Å². The Kier molecular flexibility index (Phi) is 7.92. The Bertz CT molecular complexity index is 2180. The summed E-state index contributed by atoms with van der Waals surface area (Å²) in [5.74, 6) is 4.43. The summed E-state index contributed by atoms with van der Waals surface area (Å²) in [6.45, 7) is 5.76. The number of carbonyl (C=O) groups is 1. The van der Waals surface area contributed by atoms with Crippen LogP contribution < -0.4 is 14.5 Å². The minimum absolute atomic E-state index is 0.00444. The fourth-order valence-electron chi connectivity index (χ4n) is 6.77. The molecule has 1 spiro atoms. The number of carboxylic acid groups (broad SMARTS) is 1. The van der Waals surface area contributed by atoms with E-state index in [1.807, 2.05) is 26.0 Å². The largest absolute Gasteiger partial charge is 0.480 e. The molecule has 256 valence electrons. The highest BCUT2D eigenvalue weighted by molar-refractivity contribution is 6.06. The minimum atomic E-state index is -2.99. The molecule has 0 radical (unpaired) electrons. The SMILES string of the molecule is Cc1ncccc1C#Cc1cc(N2CCOC3(COC3)[C@@H]2C)c(O[C@H]2C[C@@H](C(=O)O)N(c3nc(C(F)F)nc4c3oc3ccccc34)C2)nn1. The first-order chi connectivity index (χ1) is 24.2. The lowest BCUT2D eigenvalue weighted by Gasteiger charge is -2.53. The van der Waals surface area contributed by atoms with E-state index >= 15 is 0 Å². The summed E-state index contributed by atoms with van der Waals surface area (Å²) < 4.78 is 52.3. The number of alkyl halides is 2. The number of aromatic nitrogens is 5. The monoisotopic (exact) mass is 683 g/mol. The lowest BCUT2D eigenvalue weighted by molar-refractivity contribution is -0.228. The molecule has 0 bridgehead atoms. The molecule has 3 aliphatic heterocycles. The van der Waals surface area contributed by atoms with Gasteiger partial charge in [-0.05, 0) is 44.0 Å². The minimum Gasteiger partial charge on any atom is -0.480 e. The first-order valence-electron chi connectivity index (χ1n) is 16.1. The van der Waals surface area contributed by atoms with Crippen LogP contribution in [-0.4, -0.2) is 92.9 Å². The second-order valence-electron chi connectivity index (χ2n) is 12.5. The van der Waals surface area contributed by atoms with E-state index in [9.17, 15) is 18.7 Å². The Labute approximate surface area is 284 Å². The molecule has 1 N–H and O–H groups in total. The maximum Gasteiger partial charge on any atom is 0.326 e. The Hall–Kier alpha value is -5.46. The molecular weight excluding hydrogens is 652 g/mol. The van der Waals surface area contributed by atoms with E-state index < -0.39 is 36.0 Å². The van der Waals surface area contributed by atoms with Crippen molar-refractivity contribution >= 4 is 39.5 Å². The molecule has 3 aliphatic rings. The van der Waals surface area contributed by atoms with Gasteiger partial charge in [0.1, 0.15) is 40.2 Å². The normalized spacial score (nSPS) is 21.4. The average Bonchev–Trinajstić information content (AvgIpc) is 3.69. The van der Waals surface area contributed by atoms with Gasteiger partial charge in [0.05, 0.1) is 38.1 Å². The molecule has 3 atom stereocenters. The van der Waals surface area contributed by atoms with Crippen molar-refractivity contribution in [2.24, 2.45) is 0 Å². The second-order valence-corrected chi connectivity index (χ2v) is 12.5. The number of morpholine rings is 1. The van der Waals surface area contributed by atoms with E-state index in [0.717, 1.165) is 11.3 Å². The van der Waals surface area contributed by atoms with Crippen LogP contribution in [0.25, 0.3) is 22.1 Å². The first-order valence-corrected chi connectivity index (χ1v) is 16.1. The number of aliphatic carboxylic acids is 1. The summed E-state index contributed by atoms with van der Waals surface area (Å²) in [6.07, 6.45) is -2.03. The summed E-state index contributed by atoms with van der Waals surface area (Å²) >= 11 is 0. The molecule has 0 saturated carbocycles. The van der Waals surface area contributed by atoms with Crippen molar-refractivity contribution in [1.29, 1.82) is 0 Å². The Morgan fingerprint density at radius 3 is 2.72 bits per heavy atom. The van der Waals surface area contributed by atoms with Crippen LogP contribution in [0.15, 0.2) is 53.1 Å². The van der Waals surface area contributed by atoms with Gasteiger partial charge in [-0.15, -0.1) is 10.2 Å². The highest BCUT2D eigenvalue weighted by atomic mass is 19.3. The number of hydrogen-bond acceptors (Lipinski definition) is 12. The molecule has 0 unspecified atom stereocenters. The van der Waals surface area contributed by atoms with E-state index in [4.69, 9.17) is 18.6 Å². The highest BCUT2D eigenvalue weighted by Crippen LogP contribution is 2.41. The summed E-state index contributed by atoms with van der Waals surface area (Å²) in [5.41, 5.74) is 2.76. The lowest BCUT2D eigenvalue weighted by Crippen LogP contribution is -2.68. The number of nitrogens with zero attached hydrogens (tertiary/aromatic N) is 7. The van der Waals surface area contributed by atoms with Gasteiger partial charge in [0.2, 0.25) is 0 Å². The zero-order valence-corrected chi connectivity index (χ0v) is 27.0. The van der Waals surface area contributed by atoms with Crippen molar-refractivity contribution < 1.29 is 37.3 Å². The number of para-hydroxylation sites is 1. The van der Waals surface area contributed by atoms with Crippen molar-refractivity contribution in [2.45, 2.75) is 50.5 Å². The van der Waals surface area contributed by atoms with Crippen LogP contribution in [-0.2, 0) is 14.3 Å². The maximum atomic E-state index is 14.1. The van der Waals surface area contributed by atoms with E-state index in [2.05, 4.69) is 41.9 Å². The number of aryl methyl sites for hydroxylation is 1. The van der Waals surface area contributed by atoms with Crippen LogP contribution in [0.3, 0.4) is 0 Å². The molecule has 7 heterocycles. The van der Waals surface area contributed by atoms with Gasteiger partial charge in [-0.2, -0.15) is 0 Å². The van der Waals surface area contributed by atoms with Gasteiger partial charge in [-0.1, -0.05) is 18.1 Å². The molecule has 8 rings (SSSR count). The summed E-state index contributed by atoms with van der Waals surface area (Å²) in [5, 5.41) is 19.6. The van der Waals surface area contributed by atoms with Gasteiger partial charge in [-0.3, -0.25) is 4.98 Å². The molecule has 3 fully saturated rings. The number of rotatable bonds is 6. The maximum absolute atomic E-state index is 14.1. The number of benzene rings is 1. The van der Waals surface area contributed by atoms with Gasteiger partial charge < -0.3 is 33.5 Å². The van der Waals surface area contributed by atoms with Gasteiger partial charge in [-0.25, -0.2) is 23.5 Å². The van der Waals surface area contributed by atoms with E-state index in [0.29, 0.717) is 48.7 Å². The van der Waals surface area contributed by atoms with Gasteiger partial charge in [0, 0.05) is 36.2 Å². The van der Waals surface area contributed by atoms with Crippen LogP contribution in [0.2, 0.25) is 0 Å². The van der Waals surface area contributed by atoms with Crippen molar-refractivity contribution in [3.05, 3.63) is 71.4 Å². The Morgan fingerprint density at radius 1 is 1.12 bits per heavy atom. The number of fused-ring (bicyclic) bond motifs is 3. The average molecular weight is 684 g/mol. The smallest absolute Gasteiger partial charge is 0.326 e. The summed E-state index contributed by atoms with van der Waals surface area (Å²) in [4.78, 5) is 28.7. The van der Waals surface area contributed by atoms with Crippen molar-refractivity contribution in [3.63, 3.8) is 0 Å². The van der Waals surface area contributed by atoms with Gasteiger partial charge >= 0.3 is 5.97 Å². The standard InChI is InChI=1S/C35H31F2N7O6/c1-19-21(6-5-11-38-19)9-10-22-14-25(43-12-13-48-35(20(43)2)17-47-18-35)33(42-41-22)49-23-15-26(34(45)46)44(16-23)32-29-28(39-31(40-32)30(36)37)24-7-3-4-8-27(24)50-29/h3-8,11,14,20,23,26,30H,12-13,15-18H2,1-2H3,(H,45,46)/t20-,23-,26-/m0/s1. The van der Waals surface area contributed by atoms with Crippen LogP contribution in [0, 0.1) is 18.8 Å². The number of anilines is 2. The third-order valence-corrected chi connectivity index (χ3v) is 9.54. The number of carboxylic acids is 1. The zero-order valence-electron chi connectivity index (χ0n) is 27.0. The molecule has 13 nitrogen and oxygen atoms in total. The molecule has 0 aliphatic carbocycles. The Morgan fingerprint density at radius 2 is 1.96 bits per heavy atom. The fraction of sp³-hybridized carbons (Fsp3) is 0.371. The van der Waals surface area contributed by atoms with Crippen molar-refractivity contribution in [1.82, 2.24) is 25.1 Å². The predicted molar refractivity (Wildman–Crippen MR) is 175 cm³/mol. The first kappa shape index (κ1) is 31.8. The number of hydrogen-bond donors (Lipinski definition) is 1. The molecule has 50 heavy (non-hydrogen) atoms. The Balaban J connectivity index is 1.16. The zero-order chi connectivity index (χ0) is 34.6. The highest BCUT2D eigenvalue weighted by Gasteiger charge is 2.50. The predicted octanol–water partition coefficient (Wildman–Crippen LogP) is 4.31. The molecule has 1 aromatic carbocycles. The van der Waals surface area contributed by atoms with Crippen LogP contribution in [0.5, 0.6) is 5.88 Å². The van der Waals surface area contributed by atoms with Crippen LogP contribution in [0.4, 0.5) is 20.3 Å². The van der Waals surface area contributed by atoms with E-state index in [1.54, 1.807) is 36.5 Å².